The predicted molar refractivity (Wildman–Crippen MR) is 145 cm³/mol. The molecule has 1 atom stereocenters. The Balaban J connectivity index is 2.03. The predicted octanol–water partition coefficient (Wildman–Crippen LogP) is 6.31. The highest BCUT2D eigenvalue weighted by Crippen LogP contribution is 2.32. The Morgan fingerprint density at radius 1 is 0.872 bits per heavy atom. The number of rotatable bonds is 17. The number of hydrogen-bond acceptors (Lipinski definition) is 6. The van der Waals surface area contributed by atoms with E-state index in [9.17, 15) is 18.4 Å². The van der Waals surface area contributed by atoms with Gasteiger partial charge in [0.1, 0.15) is 5.75 Å². The summed E-state index contributed by atoms with van der Waals surface area (Å²) in [4.78, 5) is 23.9. The lowest BCUT2D eigenvalue weighted by Gasteiger charge is -2.20. The zero-order valence-electron chi connectivity index (χ0n) is 22.7. The molecule has 0 bridgehead atoms. The Morgan fingerprint density at radius 2 is 1.44 bits per heavy atom. The lowest BCUT2D eigenvalue weighted by Crippen LogP contribution is -2.24. The second-order valence-corrected chi connectivity index (χ2v) is 9.40. The number of carbonyl (C=O) groups excluding carboxylic acids is 2. The van der Waals surface area contributed by atoms with E-state index in [2.05, 4.69) is 20.1 Å². The first kappa shape index (κ1) is 31.7. The quantitative estimate of drug-likeness (QED) is 0.143. The Kier molecular flexibility index (Phi) is 12.8. The number of unbranched alkanes of at least 4 members (excludes halogenated alkanes) is 2. The zero-order valence-corrected chi connectivity index (χ0v) is 22.7. The molecule has 0 aliphatic rings. The minimum Gasteiger partial charge on any atom is -0.462 e. The van der Waals surface area contributed by atoms with Crippen molar-refractivity contribution in [3.63, 3.8) is 0 Å². The van der Waals surface area contributed by atoms with Crippen molar-refractivity contribution >= 4 is 11.9 Å². The number of esters is 2. The molecular formula is C31H38F2O6. The topological polar surface area (TPSA) is 82.1 Å². The van der Waals surface area contributed by atoms with Crippen LogP contribution in [-0.2, 0) is 38.0 Å². The van der Waals surface area contributed by atoms with Gasteiger partial charge in [0.15, 0.2) is 0 Å². The molecule has 0 saturated carbocycles. The van der Waals surface area contributed by atoms with Crippen LogP contribution in [0.5, 0.6) is 5.75 Å². The summed E-state index contributed by atoms with van der Waals surface area (Å²) in [6, 6.07) is 12.3. The summed E-state index contributed by atoms with van der Waals surface area (Å²) in [5.41, 5.74) is 1.73. The molecule has 0 aliphatic heterocycles. The second-order valence-electron chi connectivity index (χ2n) is 9.40. The van der Waals surface area contributed by atoms with Gasteiger partial charge < -0.3 is 19.3 Å². The van der Waals surface area contributed by atoms with E-state index in [1.165, 1.54) is 24.3 Å². The van der Waals surface area contributed by atoms with Gasteiger partial charge in [-0.2, -0.15) is 8.78 Å². The highest BCUT2D eigenvalue weighted by Gasteiger charge is 2.34. The molecule has 1 N–H and O–H groups in total. The normalized spacial score (nSPS) is 11.9. The molecule has 0 fully saturated rings. The fraction of sp³-hybridized carbons (Fsp3) is 0.419. The molecule has 0 spiro atoms. The van der Waals surface area contributed by atoms with Crippen LogP contribution in [0.25, 0.3) is 0 Å². The van der Waals surface area contributed by atoms with Gasteiger partial charge in [0, 0.05) is 11.5 Å². The molecule has 39 heavy (non-hydrogen) atoms. The van der Waals surface area contributed by atoms with E-state index in [-0.39, 0.29) is 30.1 Å². The number of aryl methyl sites for hydroxylation is 1. The summed E-state index contributed by atoms with van der Waals surface area (Å²) in [7, 11) is 0. The highest BCUT2D eigenvalue weighted by atomic mass is 19.3. The number of hydrogen-bond donors (Lipinski definition) is 1. The van der Waals surface area contributed by atoms with Crippen molar-refractivity contribution in [3.8, 4) is 5.75 Å². The van der Waals surface area contributed by atoms with Gasteiger partial charge in [-0.15, -0.1) is 0 Å². The van der Waals surface area contributed by atoms with Gasteiger partial charge in [0.05, 0.1) is 31.0 Å². The first-order valence-corrected chi connectivity index (χ1v) is 13.1. The van der Waals surface area contributed by atoms with E-state index in [1.54, 1.807) is 31.2 Å². The maximum atomic E-state index is 14.8. The van der Waals surface area contributed by atoms with Crippen LogP contribution in [0.4, 0.5) is 8.78 Å². The number of aliphatic hydroxyl groups is 1. The molecule has 0 saturated heterocycles. The van der Waals surface area contributed by atoms with Crippen molar-refractivity contribution in [2.75, 3.05) is 19.8 Å². The van der Waals surface area contributed by atoms with E-state index in [0.29, 0.717) is 18.4 Å². The average Bonchev–Trinajstić information content (AvgIpc) is 2.94. The second kappa shape index (κ2) is 15.8. The van der Waals surface area contributed by atoms with Gasteiger partial charge in [0.25, 0.3) is 0 Å². The summed E-state index contributed by atoms with van der Waals surface area (Å²) in [6.45, 7) is 10.3. The van der Waals surface area contributed by atoms with Gasteiger partial charge in [-0.25, -0.2) is 9.59 Å². The van der Waals surface area contributed by atoms with E-state index >= 15 is 0 Å². The Morgan fingerprint density at radius 3 is 1.97 bits per heavy atom. The monoisotopic (exact) mass is 544 g/mol. The third kappa shape index (κ3) is 10.6. The standard InChI is InChI=1S/C31H38F2O6/c1-5-7-8-9-24-10-14-27(15-11-24)31(32,33)39-28-16-12-25(13-17-28)18-26(20-37-29(35)22(3)6-2)21-38-30(36)23(4)19-34/h10-17,26,34H,3-9,18-21H2,1-2H3. The molecule has 6 nitrogen and oxygen atoms in total. The molecule has 1 unspecified atom stereocenters. The van der Waals surface area contributed by atoms with E-state index in [1.807, 2.05) is 0 Å². The van der Waals surface area contributed by atoms with Crippen molar-refractivity contribution < 1.29 is 37.7 Å². The van der Waals surface area contributed by atoms with Crippen LogP contribution in [0, 0.1) is 5.92 Å². The highest BCUT2D eigenvalue weighted by molar-refractivity contribution is 5.88. The SMILES string of the molecule is C=C(CC)C(=O)OCC(COC(=O)C(=C)CO)Cc1ccc(OC(F)(F)c2ccc(CCCCC)cc2)cc1. The molecule has 2 aromatic rings. The molecule has 0 aliphatic carbocycles. The van der Waals surface area contributed by atoms with Crippen molar-refractivity contribution in [1.82, 2.24) is 0 Å². The van der Waals surface area contributed by atoms with Crippen molar-refractivity contribution in [3.05, 3.63) is 89.5 Å². The number of halogens is 2. The van der Waals surface area contributed by atoms with E-state index in [4.69, 9.17) is 19.3 Å². The van der Waals surface area contributed by atoms with Crippen LogP contribution < -0.4 is 4.74 Å². The lowest BCUT2D eigenvalue weighted by molar-refractivity contribution is -0.185. The molecule has 0 aromatic heterocycles. The molecule has 2 aromatic carbocycles. The molecule has 2 rings (SSSR count). The summed E-state index contributed by atoms with van der Waals surface area (Å²) >= 11 is 0. The molecule has 0 amide bonds. The molecule has 0 heterocycles. The third-order valence-corrected chi connectivity index (χ3v) is 6.15. The molecule has 0 radical (unpaired) electrons. The van der Waals surface area contributed by atoms with Gasteiger partial charge >= 0.3 is 18.0 Å². The van der Waals surface area contributed by atoms with Crippen molar-refractivity contribution in [2.45, 2.75) is 58.5 Å². The minimum atomic E-state index is -3.51. The van der Waals surface area contributed by atoms with Gasteiger partial charge in [-0.1, -0.05) is 64.1 Å². The van der Waals surface area contributed by atoms with Gasteiger partial charge in [0.2, 0.25) is 0 Å². The van der Waals surface area contributed by atoms with E-state index < -0.39 is 30.6 Å². The summed E-state index contributed by atoms with van der Waals surface area (Å²) in [6.07, 6.45) is 1.32. The smallest absolute Gasteiger partial charge is 0.426 e. The molecular weight excluding hydrogens is 506 g/mol. The van der Waals surface area contributed by atoms with Crippen molar-refractivity contribution in [1.29, 1.82) is 0 Å². The Bertz CT molecular complexity index is 1060. The van der Waals surface area contributed by atoms with Crippen LogP contribution >= 0.6 is 0 Å². The number of benzene rings is 2. The maximum Gasteiger partial charge on any atom is 0.426 e. The number of aliphatic hydroxyl groups excluding tert-OH is 1. The van der Waals surface area contributed by atoms with Crippen LogP contribution in [0.3, 0.4) is 0 Å². The first-order valence-electron chi connectivity index (χ1n) is 13.1. The average molecular weight is 545 g/mol. The third-order valence-electron chi connectivity index (χ3n) is 6.15. The number of alkyl halides is 2. The molecule has 212 valence electrons. The summed E-state index contributed by atoms with van der Waals surface area (Å²) in [5, 5.41) is 9.06. The Labute approximate surface area is 229 Å². The van der Waals surface area contributed by atoms with E-state index in [0.717, 1.165) is 36.8 Å². The first-order chi connectivity index (χ1) is 18.6. The van der Waals surface area contributed by atoms with Crippen LogP contribution in [0.15, 0.2) is 72.8 Å². The maximum absolute atomic E-state index is 14.8. The number of ether oxygens (including phenoxy) is 3. The zero-order chi connectivity index (χ0) is 28.8. The summed E-state index contributed by atoms with van der Waals surface area (Å²) < 4.78 is 45.1. The molecule has 8 heteroatoms. The van der Waals surface area contributed by atoms with Gasteiger partial charge in [-0.3, -0.25) is 0 Å². The van der Waals surface area contributed by atoms with Crippen LogP contribution in [-0.4, -0.2) is 36.9 Å². The fourth-order valence-corrected chi connectivity index (χ4v) is 3.64. The lowest BCUT2D eigenvalue weighted by atomic mass is 10.0. The van der Waals surface area contributed by atoms with Gasteiger partial charge in [-0.05, 0) is 61.1 Å². The fourth-order valence-electron chi connectivity index (χ4n) is 3.64. The minimum absolute atomic E-state index is 0.0105. The largest absolute Gasteiger partial charge is 0.462 e. The van der Waals surface area contributed by atoms with Crippen LogP contribution in [0.1, 0.15) is 56.2 Å². The summed E-state index contributed by atoms with van der Waals surface area (Å²) in [5.74, 6) is -1.75. The number of carbonyl (C=O) groups is 2. The Hall–Kier alpha value is -3.52. The van der Waals surface area contributed by atoms with Crippen molar-refractivity contribution in [2.24, 2.45) is 5.92 Å². The van der Waals surface area contributed by atoms with Crippen LogP contribution in [0.2, 0.25) is 0 Å².